The van der Waals surface area contributed by atoms with Crippen LogP contribution in [-0.4, -0.2) is 39.3 Å². The van der Waals surface area contributed by atoms with Gasteiger partial charge in [-0.1, -0.05) is 12.2 Å². The van der Waals surface area contributed by atoms with E-state index in [9.17, 15) is 4.79 Å². The number of thiocarbonyl (C=S) groups is 1. The minimum absolute atomic E-state index is 0.174. The van der Waals surface area contributed by atoms with E-state index >= 15 is 0 Å². The highest BCUT2D eigenvalue weighted by molar-refractivity contribution is 7.80. The minimum atomic E-state index is -0.818. The molecule has 8 heteroatoms. The van der Waals surface area contributed by atoms with E-state index in [-0.39, 0.29) is 16.9 Å². The van der Waals surface area contributed by atoms with Gasteiger partial charge in [-0.2, -0.15) is 5.10 Å². The van der Waals surface area contributed by atoms with Crippen LogP contribution in [0.4, 0.5) is 0 Å². The molecule has 0 spiro atoms. The van der Waals surface area contributed by atoms with Gasteiger partial charge in [0.05, 0.1) is 11.0 Å². The molecule has 4 N–H and O–H groups in total. The van der Waals surface area contributed by atoms with Crippen LogP contribution in [0.25, 0.3) is 0 Å². The van der Waals surface area contributed by atoms with Crippen LogP contribution in [0.1, 0.15) is 31.6 Å². The average Bonchev–Trinajstić information content (AvgIpc) is 2.93. The Balaban J connectivity index is 2.10. The number of aromatic amines is 1. The standard InChI is InChI=1S/C11H17N5O2S/c1-7(8-13-6-14-16-8)15-10(17)11(9(12)19)2-4-18-5-3-11/h6-7H,2-5H2,1H3,(H2,12,19)(H,15,17)(H,13,14,16). The van der Waals surface area contributed by atoms with E-state index in [0.717, 1.165) is 0 Å². The quantitative estimate of drug-likeness (QED) is 0.675. The molecule has 0 aliphatic carbocycles. The van der Waals surface area contributed by atoms with Crippen molar-refractivity contribution in [3.05, 3.63) is 12.2 Å². The number of nitrogens with two attached hydrogens (primary N) is 1. The molecular formula is C11H17N5O2S. The molecule has 19 heavy (non-hydrogen) atoms. The van der Waals surface area contributed by atoms with E-state index in [1.54, 1.807) is 0 Å². The highest BCUT2D eigenvalue weighted by atomic mass is 32.1. The highest BCUT2D eigenvalue weighted by Gasteiger charge is 2.43. The topological polar surface area (TPSA) is 106 Å². The predicted octanol–water partition coefficient (Wildman–Crippen LogP) is 0.0648. The fourth-order valence-electron chi connectivity index (χ4n) is 2.13. The van der Waals surface area contributed by atoms with Crippen molar-refractivity contribution in [3.8, 4) is 0 Å². The Bertz CT molecular complexity index is 456. The van der Waals surface area contributed by atoms with Crippen LogP contribution in [0, 0.1) is 5.41 Å². The molecule has 1 saturated heterocycles. The van der Waals surface area contributed by atoms with Crippen molar-refractivity contribution in [1.82, 2.24) is 20.5 Å². The molecule has 0 radical (unpaired) electrons. The molecule has 1 aliphatic heterocycles. The summed E-state index contributed by atoms with van der Waals surface area (Å²) in [5.41, 5.74) is 4.96. The molecule has 1 fully saturated rings. The molecule has 0 bridgehead atoms. The van der Waals surface area contributed by atoms with Gasteiger partial charge in [0, 0.05) is 13.2 Å². The molecule has 104 valence electrons. The summed E-state index contributed by atoms with van der Waals surface area (Å²) in [7, 11) is 0. The van der Waals surface area contributed by atoms with Gasteiger partial charge in [0.15, 0.2) is 0 Å². The zero-order valence-electron chi connectivity index (χ0n) is 10.7. The number of hydrogen-bond donors (Lipinski definition) is 3. The maximum atomic E-state index is 12.5. The molecule has 1 aromatic heterocycles. The highest BCUT2D eigenvalue weighted by Crippen LogP contribution is 2.32. The molecule has 7 nitrogen and oxygen atoms in total. The van der Waals surface area contributed by atoms with Gasteiger partial charge >= 0.3 is 0 Å². The Morgan fingerprint density at radius 3 is 2.84 bits per heavy atom. The zero-order valence-corrected chi connectivity index (χ0v) is 11.5. The van der Waals surface area contributed by atoms with E-state index in [4.69, 9.17) is 22.7 Å². The van der Waals surface area contributed by atoms with Gasteiger partial charge in [-0.25, -0.2) is 4.98 Å². The Labute approximate surface area is 116 Å². The first kappa shape index (κ1) is 13.9. The molecular weight excluding hydrogens is 266 g/mol. The molecule has 1 aromatic rings. The van der Waals surface area contributed by atoms with Crippen LogP contribution in [0.3, 0.4) is 0 Å². The first-order chi connectivity index (χ1) is 9.06. The molecule has 2 heterocycles. The van der Waals surface area contributed by atoms with Crippen LogP contribution in [0.2, 0.25) is 0 Å². The third-order valence-corrected chi connectivity index (χ3v) is 3.83. The predicted molar refractivity (Wildman–Crippen MR) is 72.2 cm³/mol. The molecule has 1 atom stereocenters. The average molecular weight is 283 g/mol. The van der Waals surface area contributed by atoms with Crippen molar-refractivity contribution < 1.29 is 9.53 Å². The lowest BCUT2D eigenvalue weighted by molar-refractivity contribution is -0.132. The summed E-state index contributed by atoms with van der Waals surface area (Å²) < 4.78 is 5.28. The summed E-state index contributed by atoms with van der Waals surface area (Å²) in [4.78, 5) is 16.7. The summed E-state index contributed by atoms with van der Waals surface area (Å²) in [6.45, 7) is 2.80. The lowest BCUT2D eigenvalue weighted by Gasteiger charge is -2.35. The van der Waals surface area contributed by atoms with E-state index in [2.05, 4.69) is 20.5 Å². The Morgan fingerprint density at radius 1 is 1.63 bits per heavy atom. The second-order valence-electron chi connectivity index (χ2n) is 4.62. The molecule has 1 amide bonds. The van der Waals surface area contributed by atoms with Gasteiger partial charge in [0.2, 0.25) is 5.91 Å². The third-order valence-electron chi connectivity index (χ3n) is 3.44. The van der Waals surface area contributed by atoms with Gasteiger partial charge in [-0.05, 0) is 19.8 Å². The van der Waals surface area contributed by atoms with Crippen molar-refractivity contribution in [1.29, 1.82) is 0 Å². The fraction of sp³-hybridized carbons (Fsp3) is 0.636. The van der Waals surface area contributed by atoms with Crippen LogP contribution in [0.5, 0.6) is 0 Å². The number of carbonyl (C=O) groups is 1. The fourth-order valence-corrected chi connectivity index (χ4v) is 2.43. The summed E-state index contributed by atoms with van der Waals surface area (Å²) in [6.07, 6.45) is 2.42. The first-order valence-electron chi connectivity index (χ1n) is 6.10. The van der Waals surface area contributed by atoms with Gasteiger partial charge in [-0.3, -0.25) is 9.89 Å². The number of amides is 1. The number of carbonyl (C=O) groups excluding carboxylic acids is 1. The number of nitrogens with one attached hydrogen (secondary N) is 2. The van der Waals surface area contributed by atoms with E-state index in [1.807, 2.05) is 6.92 Å². The molecule has 2 rings (SSSR count). The second-order valence-corrected chi connectivity index (χ2v) is 5.06. The number of hydrogen-bond acceptors (Lipinski definition) is 5. The van der Waals surface area contributed by atoms with E-state index in [0.29, 0.717) is 31.9 Å². The van der Waals surface area contributed by atoms with Crippen molar-refractivity contribution >= 4 is 23.1 Å². The Hall–Kier alpha value is -1.54. The van der Waals surface area contributed by atoms with Crippen molar-refractivity contribution in [2.24, 2.45) is 11.1 Å². The lowest BCUT2D eigenvalue weighted by atomic mass is 9.79. The van der Waals surface area contributed by atoms with Crippen LogP contribution >= 0.6 is 12.2 Å². The van der Waals surface area contributed by atoms with Crippen LogP contribution in [-0.2, 0) is 9.53 Å². The molecule has 1 aliphatic rings. The normalized spacial score (nSPS) is 19.6. The second kappa shape index (κ2) is 5.62. The Kier molecular flexibility index (Phi) is 4.11. The van der Waals surface area contributed by atoms with E-state index in [1.165, 1.54) is 6.33 Å². The summed E-state index contributed by atoms with van der Waals surface area (Å²) in [5.74, 6) is 0.422. The van der Waals surface area contributed by atoms with Crippen LogP contribution in [0.15, 0.2) is 6.33 Å². The SMILES string of the molecule is CC(NC(=O)C1(C(N)=S)CCOCC1)c1ncn[nH]1. The maximum Gasteiger partial charge on any atom is 0.233 e. The molecule has 1 unspecified atom stereocenters. The summed E-state index contributed by atoms with van der Waals surface area (Å²) in [6, 6.07) is -0.274. The van der Waals surface area contributed by atoms with Gasteiger partial charge < -0.3 is 15.8 Å². The number of nitrogens with zero attached hydrogens (tertiary/aromatic N) is 2. The Morgan fingerprint density at radius 2 is 2.32 bits per heavy atom. The van der Waals surface area contributed by atoms with Crippen molar-refractivity contribution in [2.75, 3.05) is 13.2 Å². The number of ether oxygens (including phenoxy) is 1. The zero-order chi connectivity index (χ0) is 13.9. The number of rotatable bonds is 4. The van der Waals surface area contributed by atoms with Gasteiger partial charge in [0.1, 0.15) is 17.6 Å². The lowest BCUT2D eigenvalue weighted by Crippen LogP contribution is -2.52. The third kappa shape index (κ3) is 2.74. The number of aromatic nitrogens is 3. The summed E-state index contributed by atoms with van der Waals surface area (Å²) in [5, 5.41) is 9.36. The largest absolute Gasteiger partial charge is 0.392 e. The monoisotopic (exact) mass is 283 g/mol. The van der Waals surface area contributed by atoms with Gasteiger partial charge in [-0.15, -0.1) is 0 Å². The smallest absolute Gasteiger partial charge is 0.233 e. The van der Waals surface area contributed by atoms with E-state index < -0.39 is 5.41 Å². The van der Waals surface area contributed by atoms with Crippen molar-refractivity contribution in [2.45, 2.75) is 25.8 Å². The molecule has 0 aromatic carbocycles. The van der Waals surface area contributed by atoms with Crippen LogP contribution < -0.4 is 11.1 Å². The summed E-state index contributed by atoms with van der Waals surface area (Å²) >= 11 is 5.08. The van der Waals surface area contributed by atoms with Crippen molar-refractivity contribution in [3.63, 3.8) is 0 Å². The van der Waals surface area contributed by atoms with Gasteiger partial charge in [0.25, 0.3) is 0 Å². The molecule has 0 saturated carbocycles. The first-order valence-corrected chi connectivity index (χ1v) is 6.51. The minimum Gasteiger partial charge on any atom is -0.392 e. The number of H-pyrrole nitrogens is 1. The maximum absolute atomic E-state index is 12.5.